The van der Waals surface area contributed by atoms with E-state index in [1.807, 2.05) is 6.92 Å². The number of carboxylic acids is 1. The number of aliphatic carboxylic acids is 1. The topological polar surface area (TPSA) is 92.7 Å². The van der Waals surface area contributed by atoms with Crippen LogP contribution in [0.4, 0.5) is 0 Å². The molecule has 0 radical (unpaired) electrons. The Labute approximate surface area is 102 Å². The Morgan fingerprint density at radius 1 is 1.41 bits per heavy atom. The molecule has 7 heteroatoms. The monoisotopic (exact) mass is 267 g/mol. The predicted molar refractivity (Wildman–Crippen MR) is 64.4 cm³/mol. The molecule has 0 rings (SSSR count). The number of sulfonamides is 1. The zero-order valence-corrected chi connectivity index (χ0v) is 11.1. The van der Waals surface area contributed by atoms with E-state index in [1.54, 1.807) is 6.92 Å². The molecule has 0 fully saturated rings. The van der Waals surface area contributed by atoms with Gasteiger partial charge in [-0.1, -0.05) is 19.8 Å². The highest BCUT2D eigenvalue weighted by Crippen LogP contribution is 2.03. The lowest BCUT2D eigenvalue weighted by Gasteiger charge is -2.14. The average Bonchev–Trinajstić information content (AvgIpc) is 2.24. The number of rotatable bonds is 10. The van der Waals surface area contributed by atoms with Gasteiger partial charge >= 0.3 is 5.97 Å². The smallest absolute Gasteiger partial charge is 0.321 e. The van der Waals surface area contributed by atoms with Crippen LogP contribution in [0.5, 0.6) is 0 Å². The number of carboxylic acid groups (broad SMARTS) is 1. The van der Waals surface area contributed by atoms with Crippen molar-refractivity contribution in [3.8, 4) is 0 Å². The fraction of sp³-hybridized carbons (Fsp3) is 0.900. The van der Waals surface area contributed by atoms with Crippen LogP contribution in [0.2, 0.25) is 0 Å². The van der Waals surface area contributed by atoms with E-state index >= 15 is 0 Å². The van der Waals surface area contributed by atoms with Crippen molar-refractivity contribution < 1.29 is 23.1 Å². The van der Waals surface area contributed by atoms with Gasteiger partial charge in [0.15, 0.2) is 0 Å². The van der Waals surface area contributed by atoms with Gasteiger partial charge in [-0.25, -0.2) is 13.1 Å². The molecule has 0 saturated heterocycles. The Morgan fingerprint density at radius 2 is 2.06 bits per heavy atom. The van der Waals surface area contributed by atoms with Crippen LogP contribution in [0, 0.1) is 0 Å². The Kier molecular flexibility index (Phi) is 8.11. The molecule has 0 spiro atoms. The molecule has 0 aliphatic carbocycles. The maximum absolute atomic E-state index is 11.5. The third-order valence-corrected chi connectivity index (χ3v) is 3.51. The van der Waals surface area contributed by atoms with Crippen LogP contribution in [0.25, 0.3) is 0 Å². The standard InChI is InChI=1S/C10H21NO5S/c1-3-5-6-9(10(12)13)11-17(14,15)8-7-16-4-2/h9,11H,3-8H2,1-2H3,(H,12,13)/t9-/m0/s1. The minimum atomic E-state index is -3.58. The van der Waals surface area contributed by atoms with E-state index in [1.165, 1.54) is 0 Å². The molecule has 0 amide bonds. The second-order valence-electron chi connectivity index (χ2n) is 3.67. The molecule has 0 heterocycles. The summed E-state index contributed by atoms with van der Waals surface area (Å²) < 4.78 is 30.2. The van der Waals surface area contributed by atoms with Crippen molar-refractivity contribution >= 4 is 16.0 Å². The highest BCUT2D eigenvalue weighted by molar-refractivity contribution is 7.89. The molecule has 0 aromatic rings. The SMILES string of the molecule is CCCC[C@H](NS(=O)(=O)CCOCC)C(=O)O. The molecular formula is C10H21NO5S. The summed E-state index contributed by atoms with van der Waals surface area (Å²) in [5.41, 5.74) is 0. The molecule has 6 nitrogen and oxygen atoms in total. The van der Waals surface area contributed by atoms with E-state index in [-0.39, 0.29) is 12.4 Å². The Hall–Kier alpha value is -0.660. The summed E-state index contributed by atoms with van der Waals surface area (Å²) >= 11 is 0. The van der Waals surface area contributed by atoms with Crippen LogP contribution >= 0.6 is 0 Å². The van der Waals surface area contributed by atoms with Crippen molar-refractivity contribution in [2.75, 3.05) is 19.0 Å². The maximum Gasteiger partial charge on any atom is 0.321 e. The molecule has 102 valence electrons. The molecule has 2 N–H and O–H groups in total. The summed E-state index contributed by atoms with van der Waals surface area (Å²) in [7, 11) is -3.58. The third kappa shape index (κ3) is 8.12. The third-order valence-electron chi connectivity index (χ3n) is 2.17. The van der Waals surface area contributed by atoms with Crippen LogP contribution in [-0.2, 0) is 19.6 Å². The van der Waals surface area contributed by atoms with Gasteiger partial charge in [-0.3, -0.25) is 4.79 Å². The lowest BCUT2D eigenvalue weighted by molar-refractivity contribution is -0.139. The summed E-state index contributed by atoms with van der Waals surface area (Å²) in [6.07, 6.45) is 1.80. The van der Waals surface area contributed by atoms with Crippen LogP contribution in [0.15, 0.2) is 0 Å². The maximum atomic E-state index is 11.5. The number of carbonyl (C=O) groups is 1. The first-order valence-corrected chi connectivity index (χ1v) is 7.38. The van der Waals surface area contributed by atoms with Gasteiger partial charge in [0.1, 0.15) is 6.04 Å². The van der Waals surface area contributed by atoms with Gasteiger partial charge in [0.05, 0.1) is 12.4 Å². The molecule has 0 aromatic heterocycles. The summed E-state index contributed by atoms with van der Waals surface area (Å²) in [6.45, 7) is 4.20. The number of nitrogens with one attached hydrogen (secondary N) is 1. The lowest BCUT2D eigenvalue weighted by atomic mass is 10.1. The van der Waals surface area contributed by atoms with Gasteiger partial charge in [-0.2, -0.15) is 0 Å². The highest BCUT2D eigenvalue weighted by Gasteiger charge is 2.23. The van der Waals surface area contributed by atoms with E-state index in [0.717, 1.165) is 6.42 Å². The minimum absolute atomic E-state index is 0.0753. The zero-order valence-electron chi connectivity index (χ0n) is 10.3. The van der Waals surface area contributed by atoms with Crippen molar-refractivity contribution in [1.82, 2.24) is 4.72 Å². The molecule has 1 atom stereocenters. The molecular weight excluding hydrogens is 246 g/mol. The van der Waals surface area contributed by atoms with Gasteiger partial charge in [0.25, 0.3) is 0 Å². The zero-order chi connectivity index (χ0) is 13.3. The molecule has 0 bridgehead atoms. The summed E-state index contributed by atoms with van der Waals surface area (Å²) in [4.78, 5) is 10.9. The Bertz CT molecular complexity index is 315. The Morgan fingerprint density at radius 3 is 2.53 bits per heavy atom. The summed E-state index contributed by atoms with van der Waals surface area (Å²) in [6, 6.07) is -1.04. The molecule has 0 aliphatic rings. The van der Waals surface area contributed by atoms with Crippen molar-refractivity contribution in [1.29, 1.82) is 0 Å². The highest BCUT2D eigenvalue weighted by atomic mass is 32.2. The first kappa shape index (κ1) is 16.3. The second-order valence-corrected chi connectivity index (χ2v) is 5.54. The summed E-state index contributed by atoms with van der Waals surface area (Å²) in [5, 5.41) is 8.88. The molecule has 17 heavy (non-hydrogen) atoms. The number of unbranched alkanes of at least 4 members (excludes halogenated alkanes) is 1. The minimum Gasteiger partial charge on any atom is -0.480 e. The summed E-state index contributed by atoms with van der Waals surface area (Å²) in [5.74, 6) is -1.35. The first-order chi connectivity index (χ1) is 7.93. The van der Waals surface area contributed by atoms with Crippen LogP contribution in [0.3, 0.4) is 0 Å². The van der Waals surface area contributed by atoms with Gasteiger partial charge in [0, 0.05) is 6.61 Å². The van der Waals surface area contributed by atoms with Crippen molar-refractivity contribution in [2.45, 2.75) is 39.2 Å². The van der Waals surface area contributed by atoms with Crippen LogP contribution < -0.4 is 4.72 Å². The van der Waals surface area contributed by atoms with Crippen LogP contribution in [-0.4, -0.2) is 44.5 Å². The Balaban J connectivity index is 4.27. The average molecular weight is 267 g/mol. The largest absolute Gasteiger partial charge is 0.480 e. The van der Waals surface area contributed by atoms with E-state index < -0.39 is 22.0 Å². The number of ether oxygens (including phenoxy) is 1. The first-order valence-electron chi connectivity index (χ1n) is 5.73. The van der Waals surface area contributed by atoms with Crippen LogP contribution in [0.1, 0.15) is 33.1 Å². The van der Waals surface area contributed by atoms with Crippen molar-refractivity contribution in [3.05, 3.63) is 0 Å². The van der Waals surface area contributed by atoms with Gasteiger partial charge < -0.3 is 9.84 Å². The van der Waals surface area contributed by atoms with E-state index in [9.17, 15) is 13.2 Å². The quantitative estimate of drug-likeness (QED) is 0.565. The van der Waals surface area contributed by atoms with E-state index in [2.05, 4.69) is 4.72 Å². The fourth-order valence-corrected chi connectivity index (χ4v) is 2.34. The van der Waals surface area contributed by atoms with Gasteiger partial charge in [-0.15, -0.1) is 0 Å². The number of hydrogen-bond donors (Lipinski definition) is 2. The number of hydrogen-bond acceptors (Lipinski definition) is 4. The predicted octanol–water partition coefficient (Wildman–Crippen LogP) is 0.586. The fourth-order valence-electron chi connectivity index (χ4n) is 1.23. The van der Waals surface area contributed by atoms with Crippen molar-refractivity contribution in [2.24, 2.45) is 0 Å². The van der Waals surface area contributed by atoms with E-state index in [0.29, 0.717) is 19.4 Å². The van der Waals surface area contributed by atoms with Crippen molar-refractivity contribution in [3.63, 3.8) is 0 Å². The molecule has 0 unspecified atom stereocenters. The molecule has 0 aliphatic heterocycles. The normalized spacial score (nSPS) is 13.5. The lowest BCUT2D eigenvalue weighted by Crippen LogP contribution is -2.42. The molecule has 0 aromatic carbocycles. The van der Waals surface area contributed by atoms with Gasteiger partial charge in [0.2, 0.25) is 10.0 Å². The van der Waals surface area contributed by atoms with Gasteiger partial charge in [-0.05, 0) is 13.3 Å². The molecule has 0 saturated carbocycles. The second kappa shape index (κ2) is 8.43. The van der Waals surface area contributed by atoms with E-state index in [4.69, 9.17) is 9.84 Å².